The van der Waals surface area contributed by atoms with E-state index in [9.17, 15) is 8.78 Å². The van der Waals surface area contributed by atoms with Crippen LogP contribution in [0.15, 0.2) is 24.3 Å². The van der Waals surface area contributed by atoms with Gasteiger partial charge in [0.05, 0.1) is 0 Å². The average molecular weight is 238 g/mol. The lowest BCUT2D eigenvalue weighted by atomic mass is 10.0. The molecule has 0 bridgehead atoms. The van der Waals surface area contributed by atoms with Crippen molar-refractivity contribution >= 4 is 12.4 Å². The van der Waals surface area contributed by atoms with E-state index in [0.29, 0.717) is 12.0 Å². The van der Waals surface area contributed by atoms with Crippen LogP contribution in [0.5, 0.6) is 5.75 Å². The van der Waals surface area contributed by atoms with Crippen LogP contribution in [0, 0.1) is 0 Å². The van der Waals surface area contributed by atoms with Crippen LogP contribution in [0.2, 0.25) is 0 Å². The molecule has 0 unspecified atom stereocenters. The highest BCUT2D eigenvalue weighted by molar-refractivity contribution is 5.85. The molecule has 0 fully saturated rings. The minimum Gasteiger partial charge on any atom is -0.434 e. The van der Waals surface area contributed by atoms with E-state index < -0.39 is 6.61 Å². The molecule has 0 aromatic heterocycles. The van der Waals surface area contributed by atoms with Gasteiger partial charge in [-0.3, -0.25) is 0 Å². The predicted octanol–water partition coefficient (Wildman–Crippen LogP) is 3.12. The van der Waals surface area contributed by atoms with Crippen molar-refractivity contribution < 1.29 is 13.5 Å². The van der Waals surface area contributed by atoms with Gasteiger partial charge in [-0.2, -0.15) is 8.78 Å². The van der Waals surface area contributed by atoms with Gasteiger partial charge in [-0.15, -0.1) is 12.4 Å². The van der Waals surface area contributed by atoms with Crippen molar-refractivity contribution in [2.75, 3.05) is 0 Å². The first-order chi connectivity index (χ1) is 6.65. The summed E-state index contributed by atoms with van der Waals surface area (Å²) in [6, 6.07) is 6.33. The van der Waals surface area contributed by atoms with Crippen LogP contribution in [0.1, 0.15) is 24.9 Å². The van der Waals surface area contributed by atoms with Crippen molar-refractivity contribution in [2.45, 2.75) is 26.0 Å². The van der Waals surface area contributed by atoms with Gasteiger partial charge in [-0.25, -0.2) is 0 Å². The number of halogens is 3. The number of para-hydroxylation sites is 1. The summed E-state index contributed by atoms with van der Waals surface area (Å²) in [5.41, 5.74) is 6.37. The third kappa shape index (κ3) is 4.01. The largest absolute Gasteiger partial charge is 0.434 e. The Hall–Kier alpha value is -0.870. The molecule has 0 saturated carbocycles. The van der Waals surface area contributed by atoms with Crippen LogP contribution in [0.25, 0.3) is 0 Å². The average Bonchev–Trinajstić information content (AvgIpc) is 2.16. The topological polar surface area (TPSA) is 35.2 Å². The molecule has 15 heavy (non-hydrogen) atoms. The Morgan fingerprint density at radius 1 is 1.33 bits per heavy atom. The Morgan fingerprint density at radius 3 is 2.47 bits per heavy atom. The molecule has 0 amide bonds. The molecule has 0 radical (unpaired) electrons. The molecule has 1 aromatic carbocycles. The molecule has 86 valence electrons. The molecule has 1 rings (SSSR count). The van der Waals surface area contributed by atoms with E-state index in [1.807, 2.05) is 6.92 Å². The normalized spacial score (nSPS) is 12.1. The minimum absolute atomic E-state index is 0. The van der Waals surface area contributed by atoms with E-state index in [1.54, 1.807) is 18.2 Å². The molecule has 1 atom stereocenters. The minimum atomic E-state index is -2.81. The highest BCUT2D eigenvalue weighted by atomic mass is 35.5. The lowest BCUT2D eigenvalue weighted by Gasteiger charge is -2.14. The molecule has 0 aliphatic rings. The molecule has 0 spiro atoms. The van der Waals surface area contributed by atoms with Crippen LogP contribution in [0.3, 0.4) is 0 Å². The van der Waals surface area contributed by atoms with Gasteiger partial charge in [-0.1, -0.05) is 25.1 Å². The Morgan fingerprint density at radius 2 is 1.93 bits per heavy atom. The van der Waals surface area contributed by atoms with Gasteiger partial charge in [0.15, 0.2) is 0 Å². The monoisotopic (exact) mass is 237 g/mol. The summed E-state index contributed by atoms with van der Waals surface area (Å²) in [5, 5.41) is 0. The summed E-state index contributed by atoms with van der Waals surface area (Å²) in [5.74, 6) is 0.164. The standard InChI is InChI=1S/C10H13F2NO.ClH/c1-2-8(13)7-5-3-4-6-9(7)14-10(11)12;/h3-6,8,10H,2,13H2,1H3;1H/t8-;/m1./s1. The molecule has 0 heterocycles. The van der Waals surface area contributed by atoms with Gasteiger partial charge < -0.3 is 10.5 Å². The summed E-state index contributed by atoms with van der Waals surface area (Å²) in [7, 11) is 0. The zero-order valence-electron chi connectivity index (χ0n) is 8.32. The maximum absolute atomic E-state index is 12.0. The number of hydrogen-bond acceptors (Lipinski definition) is 2. The first-order valence-electron chi connectivity index (χ1n) is 4.44. The van der Waals surface area contributed by atoms with E-state index in [2.05, 4.69) is 4.74 Å². The number of rotatable bonds is 4. The first-order valence-corrected chi connectivity index (χ1v) is 4.44. The summed E-state index contributed by atoms with van der Waals surface area (Å²) in [6.07, 6.45) is 0.684. The Bertz CT molecular complexity index is 297. The molecule has 0 aliphatic heterocycles. The van der Waals surface area contributed by atoms with Crippen LogP contribution in [-0.2, 0) is 0 Å². The third-order valence-electron chi connectivity index (χ3n) is 1.97. The van der Waals surface area contributed by atoms with Crippen LogP contribution < -0.4 is 10.5 Å². The van der Waals surface area contributed by atoms with Crippen LogP contribution >= 0.6 is 12.4 Å². The molecule has 0 aliphatic carbocycles. The van der Waals surface area contributed by atoms with Crippen LogP contribution in [-0.4, -0.2) is 6.61 Å². The molecule has 2 nitrogen and oxygen atoms in total. The highest BCUT2D eigenvalue weighted by Crippen LogP contribution is 2.26. The zero-order valence-corrected chi connectivity index (χ0v) is 9.14. The molecular weight excluding hydrogens is 224 g/mol. The molecular formula is C10H14ClF2NO. The molecule has 2 N–H and O–H groups in total. The van der Waals surface area contributed by atoms with E-state index in [0.717, 1.165) is 0 Å². The number of hydrogen-bond donors (Lipinski definition) is 1. The second kappa shape index (κ2) is 6.58. The van der Waals surface area contributed by atoms with Gasteiger partial charge in [0, 0.05) is 11.6 Å². The van der Waals surface area contributed by atoms with Crippen molar-refractivity contribution in [2.24, 2.45) is 5.73 Å². The van der Waals surface area contributed by atoms with Crippen molar-refractivity contribution in [1.29, 1.82) is 0 Å². The van der Waals surface area contributed by atoms with Crippen molar-refractivity contribution in [3.8, 4) is 5.75 Å². The van der Waals surface area contributed by atoms with Crippen molar-refractivity contribution in [1.82, 2.24) is 0 Å². The summed E-state index contributed by atoms with van der Waals surface area (Å²) in [6.45, 7) is -0.913. The summed E-state index contributed by atoms with van der Waals surface area (Å²) in [4.78, 5) is 0. The van der Waals surface area contributed by atoms with E-state index >= 15 is 0 Å². The Kier molecular flexibility index (Phi) is 6.20. The lowest BCUT2D eigenvalue weighted by molar-refractivity contribution is -0.0506. The zero-order chi connectivity index (χ0) is 10.6. The smallest absolute Gasteiger partial charge is 0.387 e. The highest BCUT2D eigenvalue weighted by Gasteiger charge is 2.12. The van der Waals surface area contributed by atoms with Gasteiger partial charge >= 0.3 is 6.61 Å². The first kappa shape index (κ1) is 14.1. The fourth-order valence-corrected chi connectivity index (χ4v) is 1.21. The number of alkyl halides is 2. The maximum Gasteiger partial charge on any atom is 0.387 e. The maximum atomic E-state index is 12.0. The van der Waals surface area contributed by atoms with Gasteiger partial charge in [0.2, 0.25) is 0 Å². The molecule has 5 heteroatoms. The van der Waals surface area contributed by atoms with Gasteiger partial charge in [0.25, 0.3) is 0 Å². The lowest BCUT2D eigenvalue weighted by Crippen LogP contribution is -2.12. The van der Waals surface area contributed by atoms with E-state index in [4.69, 9.17) is 5.73 Å². The number of ether oxygens (including phenoxy) is 1. The quantitative estimate of drug-likeness (QED) is 0.873. The Balaban J connectivity index is 0.00000196. The third-order valence-corrected chi connectivity index (χ3v) is 1.97. The van der Waals surface area contributed by atoms with Crippen molar-refractivity contribution in [3.63, 3.8) is 0 Å². The Labute approximate surface area is 93.8 Å². The SMILES string of the molecule is CC[C@@H](N)c1ccccc1OC(F)F.Cl. The molecule has 1 aromatic rings. The number of benzene rings is 1. The number of nitrogens with two attached hydrogens (primary N) is 1. The fraction of sp³-hybridized carbons (Fsp3) is 0.400. The predicted molar refractivity (Wildman–Crippen MR) is 57.5 cm³/mol. The van der Waals surface area contributed by atoms with Gasteiger partial charge in [-0.05, 0) is 12.5 Å². The second-order valence-corrected chi connectivity index (χ2v) is 2.93. The summed E-state index contributed by atoms with van der Waals surface area (Å²) < 4.78 is 28.4. The van der Waals surface area contributed by atoms with Crippen molar-refractivity contribution in [3.05, 3.63) is 29.8 Å². The second-order valence-electron chi connectivity index (χ2n) is 2.93. The molecule has 0 saturated heterocycles. The fourth-order valence-electron chi connectivity index (χ4n) is 1.21. The van der Waals surface area contributed by atoms with Crippen LogP contribution in [0.4, 0.5) is 8.78 Å². The van der Waals surface area contributed by atoms with E-state index in [-0.39, 0.29) is 24.2 Å². The van der Waals surface area contributed by atoms with Gasteiger partial charge in [0.1, 0.15) is 5.75 Å². The summed E-state index contributed by atoms with van der Waals surface area (Å²) >= 11 is 0. The van der Waals surface area contributed by atoms with E-state index in [1.165, 1.54) is 6.07 Å².